The van der Waals surface area contributed by atoms with E-state index in [2.05, 4.69) is 14.5 Å². The summed E-state index contributed by atoms with van der Waals surface area (Å²) in [6.07, 6.45) is 8.43. The van der Waals surface area contributed by atoms with Crippen molar-refractivity contribution < 1.29 is 23.1 Å². The Bertz CT molecular complexity index is 939. The maximum Gasteiger partial charge on any atom is 0.487 e. The van der Waals surface area contributed by atoms with E-state index in [0.29, 0.717) is 11.2 Å². The number of rotatable bonds is 5. The molecule has 6 aliphatic rings. The highest BCUT2D eigenvalue weighted by Gasteiger charge is 2.54. The minimum Gasteiger partial charge on any atom is -0.420 e. The molecule has 7 rings (SSSR count). The zero-order chi connectivity index (χ0) is 23.7. The summed E-state index contributed by atoms with van der Waals surface area (Å²) in [5.41, 5.74) is -3.09. The van der Waals surface area contributed by atoms with Crippen LogP contribution in [-0.2, 0) is 9.59 Å². The van der Waals surface area contributed by atoms with Gasteiger partial charge in [0.1, 0.15) is 5.75 Å². The first-order chi connectivity index (χ1) is 16.2. The summed E-state index contributed by atoms with van der Waals surface area (Å²) in [6, 6.07) is 4.96. The zero-order valence-corrected chi connectivity index (χ0v) is 19.9. The molecule has 0 unspecified atom stereocenters. The molecule has 6 nitrogen and oxygen atoms in total. The number of halogens is 3. The molecule has 0 radical (unpaired) electrons. The van der Waals surface area contributed by atoms with Gasteiger partial charge in [0.15, 0.2) is 0 Å². The Morgan fingerprint density at radius 1 is 0.912 bits per heavy atom. The van der Waals surface area contributed by atoms with Gasteiger partial charge in [-0.3, -0.25) is 19.4 Å². The van der Waals surface area contributed by atoms with E-state index >= 15 is 0 Å². The minimum absolute atomic E-state index is 0.139. The van der Waals surface area contributed by atoms with Crippen molar-refractivity contribution in [3.8, 4) is 5.75 Å². The van der Waals surface area contributed by atoms with Gasteiger partial charge in [-0.05, 0) is 80.5 Å². The molecule has 6 fully saturated rings. The van der Waals surface area contributed by atoms with E-state index in [9.17, 15) is 18.4 Å². The van der Waals surface area contributed by atoms with E-state index in [0.717, 1.165) is 43.9 Å². The predicted molar refractivity (Wildman–Crippen MR) is 123 cm³/mol. The van der Waals surface area contributed by atoms with Crippen LogP contribution in [0.25, 0.3) is 0 Å². The molecule has 9 heteroatoms. The minimum atomic E-state index is -3.82. The number of ether oxygens (including phenoxy) is 1. The third-order valence-electron chi connectivity index (χ3n) is 8.88. The van der Waals surface area contributed by atoms with Gasteiger partial charge in [-0.15, -0.1) is 8.78 Å². The summed E-state index contributed by atoms with van der Waals surface area (Å²) < 4.78 is 30.0. The van der Waals surface area contributed by atoms with E-state index in [-0.39, 0.29) is 24.0 Å². The first-order valence-corrected chi connectivity index (χ1v) is 12.8. The van der Waals surface area contributed by atoms with Crippen LogP contribution in [0, 0.1) is 17.8 Å². The molecule has 2 heterocycles. The highest BCUT2D eigenvalue weighted by Crippen LogP contribution is 2.57. The third kappa shape index (κ3) is 4.01. The number of piperazine rings is 1. The molecule has 4 aliphatic carbocycles. The smallest absolute Gasteiger partial charge is 0.420 e. The molecule has 2 amide bonds. The van der Waals surface area contributed by atoms with Gasteiger partial charge in [-0.2, -0.15) is 0 Å². The van der Waals surface area contributed by atoms with E-state index < -0.39 is 11.6 Å². The van der Waals surface area contributed by atoms with Crippen LogP contribution < -0.4 is 9.64 Å². The summed E-state index contributed by atoms with van der Waals surface area (Å²) >= 11 is 4.80. The maximum atomic E-state index is 13.2. The summed E-state index contributed by atoms with van der Waals surface area (Å²) in [6.45, 7) is 3.47. The van der Waals surface area contributed by atoms with Crippen LogP contribution in [0.4, 0.5) is 14.5 Å². The SMILES string of the molecule is O=C1C[C@@H](N2CCN(C34CC5CC(CC(C5)C3)C4)CC2)C(=O)N1c1ccc(OC(F)(F)Cl)cc1. The van der Waals surface area contributed by atoms with Crippen LogP contribution in [0.2, 0.25) is 0 Å². The number of hydrogen-bond donors (Lipinski definition) is 0. The highest BCUT2D eigenvalue weighted by molar-refractivity contribution is 6.22. The second-order valence-electron chi connectivity index (χ2n) is 11.0. The number of benzene rings is 1. The standard InChI is InChI=1S/C25H30ClF2N3O3/c26-25(27,28)34-20-3-1-19(2-4-20)31-22(32)12-21(23(31)33)29-5-7-30(8-6-29)24-13-16-9-17(14-24)11-18(10-16)15-24/h1-4,16-18,21H,5-15H2/t16?,17?,18?,21-,24?/m1/s1. The molecule has 4 bridgehead atoms. The number of carbonyl (C=O) groups is 2. The molecule has 4 saturated carbocycles. The number of carbonyl (C=O) groups excluding carboxylic acids is 2. The fourth-order valence-electron chi connectivity index (χ4n) is 7.93. The monoisotopic (exact) mass is 493 g/mol. The number of anilines is 1. The Kier molecular flexibility index (Phi) is 5.43. The van der Waals surface area contributed by atoms with Gasteiger partial charge in [0.25, 0.3) is 5.91 Å². The van der Waals surface area contributed by atoms with E-state index in [1.54, 1.807) is 0 Å². The van der Waals surface area contributed by atoms with Crippen LogP contribution in [0.3, 0.4) is 0 Å². The molecule has 0 N–H and O–H groups in total. The molecule has 34 heavy (non-hydrogen) atoms. The molecule has 0 aromatic heterocycles. The van der Waals surface area contributed by atoms with Crippen LogP contribution >= 0.6 is 11.6 Å². The van der Waals surface area contributed by atoms with Crippen molar-refractivity contribution >= 4 is 29.1 Å². The lowest BCUT2D eigenvalue weighted by Crippen LogP contribution is -2.64. The molecule has 1 aromatic carbocycles. The first kappa shape index (κ1) is 22.7. The maximum absolute atomic E-state index is 13.2. The fourth-order valence-corrected chi connectivity index (χ4v) is 8.02. The number of hydrogen-bond acceptors (Lipinski definition) is 5. The van der Waals surface area contributed by atoms with Gasteiger partial charge in [-0.25, -0.2) is 4.90 Å². The van der Waals surface area contributed by atoms with Gasteiger partial charge in [0.2, 0.25) is 5.91 Å². The molecule has 2 saturated heterocycles. The van der Waals surface area contributed by atoms with Crippen molar-refractivity contribution in [1.82, 2.24) is 9.80 Å². The lowest BCUT2D eigenvalue weighted by molar-refractivity contribution is -0.125. The van der Waals surface area contributed by atoms with Crippen molar-refractivity contribution in [3.63, 3.8) is 0 Å². The summed E-state index contributed by atoms with van der Waals surface area (Å²) in [5, 5.41) is 0. The summed E-state index contributed by atoms with van der Waals surface area (Å²) in [7, 11) is 0. The number of alkyl halides is 3. The van der Waals surface area contributed by atoms with Crippen molar-refractivity contribution in [2.45, 2.75) is 62.1 Å². The first-order valence-electron chi connectivity index (χ1n) is 12.4. The van der Waals surface area contributed by atoms with Gasteiger partial charge >= 0.3 is 5.57 Å². The van der Waals surface area contributed by atoms with Crippen molar-refractivity contribution in [1.29, 1.82) is 0 Å². The van der Waals surface area contributed by atoms with Crippen LogP contribution in [-0.4, -0.2) is 64.9 Å². The summed E-state index contributed by atoms with van der Waals surface area (Å²) in [4.78, 5) is 32.0. The van der Waals surface area contributed by atoms with Gasteiger partial charge in [0.05, 0.1) is 18.2 Å². The third-order valence-corrected chi connectivity index (χ3v) is 8.96. The number of imide groups is 1. The van der Waals surface area contributed by atoms with Crippen LogP contribution in [0.1, 0.15) is 44.9 Å². The Morgan fingerprint density at radius 3 is 2.00 bits per heavy atom. The average Bonchev–Trinajstić information content (AvgIpc) is 3.06. The molecular weight excluding hydrogens is 464 g/mol. The topological polar surface area (TPSA) is 53.1 Å². The van der Waals surface area contributed by atoms with Crippen molar-refractivity contribution in [2.24, 2.45) is 17.8 Å². The van der Waals surface area contributed by atoms with Crippen LogP contribution in [0.5, 0.6) is 5.75 Å². The van der Waals surface area contributed by atoms with Gasteiger partial charge in [0, 0.05) is 43.3 Å². The zero-order valence-electron chi connectivity index (χ0n) is 19.1. The van der Waals surface area contributed by atoms with Gasteiger partial charge in [-0.1, -0.05) is 0 Å². The normalized spacial score (nSPS) is 36.5. The molecule has 1 atom stereocenters. The number of nitrogens with zero attached hydrogens (tertiary/aromatic N) is 3. The molecule has 0 spiro atoms. The molecule has 1 aromatic rings. The molecular formula is C25H30ClF2N3O3. The second-order valence-corrected chi connectivity index (χ2v) is 11.4. The molecule has 2 aliphatic heterocycles. The van der Waals surface area contributed by atoms with E-state index in [4.69, 9.17) is 11.6 Å². The predicted octanol–water partition coefficient (Wildman–Crippen LogP) is 4.07. The summed E-state index contributed by atoms with van der Waals surface area (Å²) in [5.74, 6) is 2.05. The Morgan fingerprint density at radius 2 is 1.47 bits per heavy atom. The van der Waals surface area contributed by atoms with Gasteiger partial charge < -0.3 is 4.74 Å². The van der Waals surface area contributed by atoms with Crippen LogP contribution in [0.15, 0.2) is 24.3 Å². The lowest BCUT2D eigenvalue weighted by Gasteiger charge is -2.61. The molecule has 184 valence electrons. The lowest BCUT2D eigenvalue weighted by atomic mass is 9.52. The largest absolute Gasteiger partial charge is 0.487 e. The van der Waals surface area contributed by atoms with Crippen molar-refractivity contribution in [3.05, 3.63) is 24.3 Å². The Hall–Kier alpha value is -1.77. The average molecular weight is 494 g/mol. The fraction of sp³-hybridized carbons (Fsp3) is 0.680. The number of amides is 2. The van der Waals surface area contributed by atoms with Crippen molar-refractivity contribution in [2.75, 3.05) is 31.1 Å². The highest BCUT2D eigenvalue weighted by atomic mass is 35.5. The Balaban J connectivity index is 1.10. The van der Waals surface area contributed by atoms with E-state index in [1.807, 2.05) is 0 Å². The van der Waals surface area contributed by atoms with E-state index in [1.165, 1.54) is 67.7 Å². The Labute approximate surface area is 203 Å². The second kappa shape index (κ2) is 8.14. The quantitative estimate of drug-likeness (QED) is 0.457.